The van der Waals surface area contributed by atoms with Crippen LogP contribution in [-0.2, 0) is 4.79 Å². The first-order valence-electron chi connectivity index (χ1n) is 6.04. The Balaban J connectivity index is 3.13. The van der Waals surface area contributed by atoms with Gasteiger partial charge in [-0.25, -0.2) is 0 Å². The zero-order chi connectivity index (χ0) is 13.7. The van der Waals surface area contributed by atoms with Crippen molar-refractivity contribution in [3.8, 4) is 6.07 Å². The molecule has 96 valence electrons. The van der Waals surface area contributed by atoms with Crippen LogP contribution in [-0.4, -0.2) is 18.5 Å². The van der Waals surface area contributed by atoms with Gasteiger partial charge in [0.2, 0.25) is 5.91 Å². The Morgan fingerprint density at radius 1 is 1.56 bits per heavy atom. The van der Waals surface area contributed by atoms with Crippen molar-refractivity contribution in [2.45, 2.75) is 33.7 Å². The van der Waals surface area contributed by atoms with Crippen LogP contribution in [0.5, 0.6) is 0 Å². The van der Waals surface area contributed by atoms with Gasteiger partial charge in [-0.05, 0) is 38.5 Å². The highest BCUT2D eigenvalue weighted by atomic mass is 16.1. The molecule has 0 heterocycles. The van der Waals surface area contributed by atoms with E-state index < -0.39 is 0 Å². The molecule has 0 aromatic heterocycles. The summed E-state index contributed by atoms with van der Waals surface area (Å²) in [5.74, 6) is -0.0961. The van der Waals surface area contributed by atoms with Crippen molar-refractivity contribution in [3.63, 3.8) is 0 Å². The maximum Gasteiger partial charge on any atom is 0.221 e. The molecule has 1 aromatic rings. The predicted molar refractivity (Wildman–Crippen MR) is 73.6 cm³/mol. The lowest BCUT2D eigenvalue weighted by Gasteiger charge is -2.27. The second-order valence-electron chi connectivity index (χ2n) is 4.27. The van der Waals surface area contributed by atoms with Crippen LogP contribution in [0.1, 0.15) is 26.3 Å². The van der Waals surface area contributed by atoms with Gasteiger partial charge in [-0.3, -0.25) is 4.79 Å². The van der Waals surface area contributed by atoms with E-state index in [1.165, 1.54) is 6.92 Å². The molecule has 1 amide bonds. The molecule has 0 fully saturated rings. The van der Waals surface area contributed by atoms with Crippen molar-refractivity contribution in [1.82, 2.24) is 0 Å². The second-order valence-corrected chi connectivity index (χ2v) is 4.27. The third kappa shape index (κ3) is 3.24. The van der Waals surface area contributed by atoms with E-state index in [0.29, 0.717) is 0 Å². The van der Waals surface area contributed by atoms with Gasteiger partial charge in [-0.2, -0.15) is 5.26 Å². The maximum absolute atomic E-state index is 11.1. The van der Waals surface area contributed by atoms with Crippen LogP contribution in [0.2, 0.25) is 0 Å². The van der Waals surface area contributed by atoms with Crippen LogP contribution >= 0.6 is 0 Å². The summed E-state index contributed by atoms with van der Waals surface area (Å²) in [6.07, 6.45) is 0. The molecule has 4 heteroatoms. The van der Waals surface area contributed by atoms with Crippen molar-refractivity contribution >= 4 is 17.3 Å². The minimum atomic E-state index is -0.193. The fourth-order valence-corrected chi connectivity index (χ4v) is 1.92. The molecule has 1 unspecified atom stereocenters. The monoisotopic (exact) mass is 245 g/mol. The highest BCUT2D eigenvalue weighted by Crippen LogP contribution is 2.25. The summed E-state index contributed by atoms with van der Waals surface area (Å²) in [5.41, 5.74) is 2.83. The molecule has 1 rings (SSSR count). The van der Waals surface area contributed by atoms with Gasteiger partial charge in [0.25, 0.3) is 0 Å². The van der Waals surface area contributed by atoms with Gasteiger partial charge in [0.05, 0.1) is 6.07 Å². The van der Waals surface area contributed by atoms with Gasteiger partial charge < -0.3 is 10.2 Å². The number of hydrogen-bond acceptors (Lipinski definition) is 3. The van der Waals surface area contributed by atoms with Crippen LogP contribution < -0.4 is 10.2 Å². The SMILES string of the molecule is CCN(c1cc(NC(C)=O)ccc1C)C(C)C#N. The van der Waals surface area contributed by atoms with Crippen LogP contribution in [0.15, 0.2) is 18.2 Å². The van der Waals surface area contributed by atoms with Crippen LogP contribution in [0.3, 0.4) is 0 Å². The number of amides is 1. The molecule has 0 bridgehead atoms. The maximum atomic E-state index is 11.1. The summed E-state index contributed by atoms with van der Waals surface area (Å²) >= 11 is 0. The number of benzene rings is 1. The van der Waals surface area contributed by atoms with Crippen molar-refractivity contribution in [2.75, 3.05) is 16.8 Å². The quantitative estimate of drug-likeness (QED) is 0.887. The average Bonchev–Trinajstić information content (AvgIpc) is 2.33. The number of carbonyl (C=O) groups is 1. The Bertz CT molecular complexity index is 476. The Morgan fingerprint density at radius 3 is 2.72 bits per heavy atom. The Labute approximate surface area is 108 Å². The molecule has 18 heavy (non-hydrogen) atoms. The number of nitrogens with one attached hydrogen (secondary N) is 1. The Kier molecular flexibility index (Phi) is 4.73. The number of anilines is 2. The van der Waals surface area contributed by atoms with Crippen molar-refractivity contribution in [3.05, 3.63) is 23.8 Å². The molecule has 0 aliphatic heterocycles. The molecule has 4 nitrogen and oxygen atoms in total. The fraction of sp³-hybridized carbons (Fsp3) is 0.429. The van der Waals surface area contributed by atoms with Crippen molar-refractivity contribution < 1.29 is 4.79 Å². The van der Waals surface area contributed by atoms with Crippen molar-refractivity contribution in [2.24, 2.45) is 0 Å². The normalized spacial score (nSPS) is 11.5. The molecular formula is C14H19N3O. The minimum absolute atomic E-state index is 0.0961. The summed E-state index contributed by atoms with van der Waals surface area (Å²) in [4.78, 5) is 13.1. The molecule has 0 saturated carbocycles. The summed E-state index contributed by atoms with van der Waals surface area (Å²) < 4.78 is 0. The number of nitriles is 1. The molecule has 0 spiro atoms. The molecule has 1 atom stereocenters. The molecule has 1 N–H and O–H groups in total. The van der Waals surface area contributed by atoms with E-state index in [9.17, 15) is 4.79 Å². The number of rotatable bonds is 4. The standard InChI is InChI=1S/C14H19N3O/c1-5-17(11(3)9-15)14-8-13(16-12(4)18)7-6-10(14)2/h6-8,11H,5H2,1-4H3,(H,16,18). The lowest BCUT2D eigenvalue weighted by atomic mass is 10.1. The average molecular weight is 245 g/mol. The number of aryl methyl sites for hydroxylation is 1. The van der Waals surface area contributed by atoms with E-state index in [1.807, 2.05) is 43.9 Å². The smallest absolute Gasteiger partial charge is 0.221 e. The van der Waals surface area contributed by atoms with E-state index in [4.69, 9.17) is 5.26 Å². The fourth-order valence-electron chi connectivity index (χ4n) is 1.92. The molecule has 0 radical (unpaired) electrons. The van der Waals surface area contributed by atoms with E-state index in [-0.39, 0.29) is 11.9 Å². The first-order chi connectivity index (χ1) is 8.49. The van der Waals surface area contributed by atoms with E-state index in [1.54, 1.807) is 0 Å². The van der Waals surface area contributed by atoms with Crippen LogP contribution in [0, 0.1) is 18.3 Å². The van der Waals surface area contributed by atoms with Gasteiger partial charge in [0.1, 0.15) is 6.04 Å². The number of carbonyl (C=O) groups excluding carboxylic acids is 1. The zero-order valence-corrected chi connectivity index (χ0v) is 11.3. The highest BCUT2D eigenvalue weighted by Gasteiger charge is 2.14. The summed E-state index contributed by atoms with van der Waals surface area (Å²) in [6.45, 7) is 8.11. The second kappa shape index (κ2) is 6.06. The molecule has 1 aromatic carbocycles. The lowest BCUT2D eigenvalue weighted by Crippen LogP contribution is -2.32. The summed E-state index contributed by atoms with van der Waals surface area (Å²) in [6, 6.07) is 7.78. The van der Waals surface area contributed by atoms with Crippen molar-refractivity contribution in [1.29, 1.82) is 5.26 Å². The molecule has 0 saturated heterocycles. The highest BCUT2D eigenvalue weighted by molar-refractivity contribution is 5.89. The third-order valence-electron chi connectivity index (χ3n) is 2.83. The summed E-state index contributed by atoms with van der Waals surface area (Å²) in [7, 11) is 0. The van der Waals surface area contributed by atoms with E-state index in [0.717, 1.165) is 23.5 Å². The van der Waals surface area contributed by atoms with Crippen LogP contribution in [0.4, 0.5) is 11.4 Å². The molecule has 0 aliphatic rings. The van der Waals surface area contributed by atoms with Gasteiger partial charge in [0.15, 0.2) is 0 Å². The number of nitrogens with zero attached hydrogens (tertiary/aromatic N) is 2. The lowest BCUT2D eigenvalue weighted by molar-refractivity contribution is -0.114. The summed E-state index contributed by atoms with van der Waals surface area (Å²) in [5, 5.41) is 11.8. The predicted octanol–water partition coefficient (Wildman–Crippen LogP) is 2.69. The van der Waals surface area contributed by atoms with Crippen LogP contribution in [0.25, 0.3) is 0 Å². The van der Waals surface area contributed by atoms with Gasteiger partial charge in [-0.1, -0.05) is 6.07 Å². The Hall–Kier alpha value is -2.02. The largest absolute Gasteiger partial charge is 0.356 e. The minimum Gasteiger partial charge on any atom is -0.356 e. The van der Waals surface area contributed by atoms with E-state index >= 15 is 0 Å². The third-order valence-corrected chi connectivity index (χ3v) is 2.83. The zero-order valence-electron chi connectivity index (χ0n) is 11.3. The first-order valence-corrected chi connectivity index (χ1v) is 6.04. The molecule has 0 aliphatic carbocycles. The first kappa shape index (κ1) is 14.0. The molecular weight excluding hydrogens is 226 g/mol. The van der Waals surface area contributed by atoms with Gasteiger partial charge in [0, 0.05) is 24.8 Å². The number of hydrogen-bond donors (Lipinski definition) is 1. The van der Waals surface area contributed by atoms with Gasteiger partial charge >= 0.3 is 0 Å². The Morgan fingerprint density at radius 2 is 2.22 bits per heavy atom. The van der Waals surface area contributed by atoms with Gasteiger partial charge in [-0.15, -0.1) is 0 Å². The topological polar surface area (TPSA) is 56.1 Å². The van der Waals surface area contributed by atoms with E-state index in [2.05, 4.69) is 11.4 Å².